The van der Waals surface area contributed by atoms with Crippen molar-refractivity contribution in [3.05, 3.63) is 23.9 Å². The maximum Gasteiger partial charge on any atom is 0.130 e. The summed E-state index contributed by atoms with van der Waals surface area (Å²) in [7, 11) is 3.23. The van der Waals surface area contributed by atoms with Gasteiger partial charge in [-0.1, -0.05) is 0 Å². The number of hydrogen-bond acceptors (Lipinski definition) is 2. The van der Waals surface area contributed by atoms with Gasteiger partial charge in [-0.25, -0.2) is 0 Å². The summed E-state index contributed by atoms with van der Waals surface area (Å²) in [6.45, 7) is 0. The van der Waals surface area contributed by atoms with Crippen molar-refractivity contribution in [2.75, 3.05) is 0 Å². The third kappa shape index (κ3) is 0.933. The van der Waals surface area contributed by atoms with E-state index in [4.69, 9.17) is 0 Å². The van der Waals surface area contributed by atoms with Crippen molar-refractivity contribution in [2.24, 2.45) is 0 Å². The molecule has 1 aromatic rings. The number of hydrogen-bond donors (Lipinski definition) is 0. The lowest BCUT2D eigenvalue weighted by Gasteiger charge is -1.86. The highest BCUT2D eigenvalue weighted by Crippen LogP contribution is 2.13. The van der Waals surface area contributed by atoms with Gasteiger partial charge in [0.15, 0.2) is 0 Å². The fraction of sp³-hybridized carbons (Fsp3) is 0. The summed E-state index contributed by atoms with van der Waals surface area (Å²) in [5.41, 5.74) is 0. The summed E-state index contributed by atoms with van der Waals surface area (Å²) in [5.74, 6) is 0.838. The molecule has 0 bridgehead atoms. The molecular formula is C5H5OS. The monoisotopic (exact) mass is 113 g/mol. The van der Waals surface area contributed by atoms with Crippen molar-refractivity contribution in [1.29, 1.82) is 0 Å². The first kappa shape index (κ1) is 4.65. The molecule has 7 heavy (non-hydrogen) atoms. The summed E-state index contributed by atoms with van der Waals surface area (Å²) in [4.78, 5) is 0. The molecule has 0 unspecified atom stereocenters. The van der Waals surface area contributed by atoms with Gasteiger partial charge >= 0.3 is 0 Å². The molecule has 1 heterocycles. The lowest BCUT2D eigenvalue weighted by atomic mass is 10.6. The average molecular weight is 113 g/mol. The van der Waals surface area contributed by atoms with Crippen molar-refractivity contribution in [1.82, 2.24) is 0 Å². The molecule has 0 aliphatic heterocycles. The van der Waals surface area contributed by atoms with Crippen LogP contribution in [0.25, 0.3) is 0 Å². The van der Waals surface area contributed by atoms with Crippen LogP contribution in [0.1, 0.15) is 0 Å². The van der Waals surface area contributed by atoms with Crippen LogP contribution in [0.15, 0.2) is 16.8 Å². The highest BCUT2D eigenvalue weighted by molar-refractivity contribution is 7.08. The first-order chi connectivity index (χ1) is 3.43. The maximum absolute atomic E-state index is 4.61. The fourth-order valence-corrected chi connectivity index (χ4v) is 0.906. The molecule has 0 spiro atoms. The van der Waals surface area contributed by atoms with E-state index in [-0.39, 0.29) is 0 Å². The van der Waals surface area contributed by atoms with Gasteiger partial charge in [0, 0.05) is 5.38 Å². The van der Waals surface area contributed by atoms with Gasteiger partial charge < -0.3 is 4.74 Å². The molecule has 0 fully saturated rings. The number of thiophene rings is 1. The topological polar surface area (TPSA) is 9.23 Å². The number of rotatable bonds is 1. The minimum absolute atomic E-state index is 0.838. The lowest BCUT2D eigenvalue weighted by molar-refractivity contribution is 0.475. The third-order valence-corrected chi connectivity index (χ3v) is 1.32. The van der Waals surface area contributed by atoms with Crippen LogP contribution in [0.3, 0.4) is 0 Å². The van der Waals surface area contributed by atoms with Gasteiger partial charge in [0.25, 0.3) is 0 Å². The first-order valence-electron chi connectivity index (χ1n) is 1.87. The minimum Gasteiger partial charge on any atom is -0.489 e. The van der Waals surface area contributed by atoms with E-state index in [0.717, 1.165) is 5.75 Å². The molecule has 0 saturated heterocycles. The van der Waals surface area contributed by atoms with E-state index in [9.17, 15) is 0 Å². The Morgan fingerprint density at radius 3 is 2.86 bits per heavy atom. The Labute approximate surface area is 46.6 Å². The van der Waals surface area contributed by atoms with E-state index < -0.39 is 0 Å². The highest BCUT2D eigenvalue weighted by atomic mass is 32.1. The minimum atomic E-state index is 0.838. The maximum atomic E-state index is 4.61. The summed E-state index contributed by atoms with van der Waals surface area (Å²) in [6.07, 6.45) is 0. The van der Waals surface area contributed by atoms with Gasteiger partial charge in [-0.3, -0.25) is 0 Å². The Kier molecular flexibility index (Phi) is 1.32. The van der Waals surface area contributed by atoms with E-state index in [2.05, 4.69) is 11.8 Å². The zero-order valence-corrected chi connectivity index (χ0v) is 4.57. The molecule has 0 aliphatic carbocycles. The molecule has 1 radical (unpaired) electrons. The average Bonchev–Trinajstić information content (AvgIpc) is 2.14. The third-order valence-electron chi connectivity index (χ3n) is 0.662. The molecule has 2 heteroatoms. The van der Waals surface area contributed by atoms with Crippen LogP contribution in [0.2, 0.25) is 0 Å². The highest BCUT2D eigenvalue weighted by Gasteiger charge is 1.83. The second-order valence-corrected chi connectivity index (χ2v) is 1.88. The molecule has 37 valence electrons. The standard InChI is InChI=1S/C5H5OS/c1-6-5-2-3-7-4-5/h2-4H,1H2. The van der Waals surface area contributed by atoms with Crippen molar-refractivity contribution in [3.63, 3.8) is 0 Å². The van der Waals surface area contributed by atoms with E-state index in [0.29, 0.717) is 0 Å². The number of ether oxygens (including phenoxy) is 1. The first-order valence-corrected chi connectivity index (χ1v) is 2.82. The molecule has 0 atom stereocenters. The van der Waals surface area contributed by atoms with Crippen LogP contribution in [0.5, 0.6) is 5.75 Å². The van der Waals surface area contributed by atoms with Crippen LogP contribution in [0, 0.1) is 7.11 Å². The van der Waals surface area contributed by atoms with E-state index in [1.165, 1.54) is 0 Å². The molecule has 1 nitrogen and oxygen atoms in total. The summed E-state index contributed by atoms with van der Waals surface area (Å²) < 4.78 is 4.61. The Morgan fingerprint density at radius 1 is 1.71 bits per heavy atom. The smallest absolute Gasteiger partial charge is 0.130 e. The van der Waals surface area contributed by atoms with E-state index in [1.807, 2.05) is 16.8 Å². The molecule has 0 amide bonds. The van der Waals surface area contributed by atoms with Crippen LogP contribution in [0.4, 0.5) is 0 Å². The van der Waals surface area contributed by atoms with Crippen molar-refractivity contribution in [3.8, 4) is 5.75 Å². The second-order valence-electron chi connectivity index (χ2n) is 1.10. The zero-order chi connectivity index (χ0) is 5.11. The van der Waals surface area contributed by atoms with Crippen molar-refractivity contribution < 1.29 is 4.74 Å². The molecule has 0 aromatic carbocycles. The normalized spacial score (nSPS) is 8.71. The van der Waals surface area contributed by atoms with Gasteiger partial charge in [-0.2, -0.15) is 0 Å². The molecule has 0 N–H and O–H groups in total. The fourth-order valence-electron chi connectivity index (χ4n) is 0.334. The zero-order valence-electron chi connectivity index (χ0n) is 3.76. The lowest BCUT2D eigenvalue weighted by Crippen LogP contribution is -1.69. The van der Waals surface area contributed by atoms with Gasteiger partial charge in [-0.15, -0.1) is 11.3 Å². The Hall–Kier alpha value is -0.500. The predicted molar refractivity (Wildman–Crippen MR) is 30.3 cm³/mol. The van der Waals surface area contributed by atoms with Crippen LogP contribution < -0.4 is 4.74 Å². The molecule has 1 aromatic heterocycles. The molecule has 0 aliphatic rings. The SMILES string of the molecule is [CH2]Oc1ccsc1. The summed E-state index contributed by atoms with van der Waals surface area (Å²) in [6, 6.07) is 1.87. The Bertz CT molecular complexity index is 123. The molecule has 0 saturated carbocycles. The predicted octanol–water partition coefficient (Wildman–Crippen LogP) is 1.92. The van der Waals surface area contributed by atoms with E-state index in [1.54, 1.807) is 11.3 Å². The van der Waals surface area contributed by atoms with Crippen LogP contribution in [-0.2, 0) is 0 Å². The van der Waals surface area contributed by atoms with Crippen LogP contribution >= 0.6 is 11.3 Å². The van der Waals surface area contributed by atoms with Gasteiger partial charge in [-0.05, 0) is 11.4 Å². The quantitative estimate of drug-likeness (QED) is 0.540. The molecular weight excluding hydrogens is 108 g/mol. The summed E-state index contributed by atoms with van der Waals surface area (Å²) >= 11 is 1.60. The van der Waals surface area contributed by atoms with Gasteiger partial charge in [0.2, 0.25) is 0 Å². The van der Waals surface area contributed by atoms with Crippen molar-refractivity contribution >= 4 is 11.3 Å². The van der Waals surface area contributed by atoms with Gasteiger partial charge in [0.1, 0.15) is 12.9 Å². The Balaban J connectivity index is 2.76. The van der Waals surface area contributed by atoms with Crippen molar-refractivity contribution in [2.45, 2.75) is 0 Å². The molecule has 1 rings (SSSR count). The van der Waals surface area contributed by atoms with E-state index >= 15 is 0 Å². The summed E-state index contributed by atoms with van der Waals surface area (Å²) in [5, 5.41) is 3.84. The second kappa shape index (κ2) is 1.98. The Morgan fingerprint density at radius 2 is 2.57 bits per heavy atom. The van der Waals surface area contributed by atoms with Crippen LogP contribution in [-0.4, -0.2) is 0 Å². The largest absolute Gasteiger partial charge is 0.489 e. The van der Waals surface area contributed by atoms with Gasteiger partial charge in [0.05, 0.1) is 0 Å².